The van der Waals surface area contributed by atoms with Crippen LogP contribution in [0.15, 0.2) is 54.9 Å². The lowest BCUT2D eigenvalue weighted by Crippen LogP contribution is -2.29. The number of rotatable bonds is 9. The zero-order chi connectivity index (χ0) is 25.2. The van der Waals surface area contributed by atoms with Crippen molar-refractivity contribution in [2.75, 3.05) is 70.5 Å². The molecule has 1 aliphatic heterocycles. The molecule has 36 heavy (non-hydrogen) atoms. The van der Waals surface area contributed by atoms with Gasteiger partial charge < -0.3 is 34.9 Å². The van der Waals surface area contributed by atoms with Crippen molar-refractivity contribution in [3.8, 4) is 17.0 Å². The molecule has 0 saturated carbocycles. The van der Waals surface area contributed by atoms with Crippen LogP contribution in [0.3, 0.4) is 0 Å². The molecular weight excluding hydrogens is 454 g/mol. The number of nitrogen functional groups attached to an aromatic ring is 1. The summed E-state index contributed by atoms with van der Waals surface area (Å²) in [6.07, 6.45) is 3.93. The fraction of sp³-hybridized carbons (Fsp3) is 0.333. The van der Waals surface area contributed by atoms with E-state index in [0.717, 1.165) is 48.6 Å². The molecule has 1 saturated heterocycles. The highest BCUT2D eigenvalue weighted by Crippen LogP contribution is 2.37. The molecule has 0 spiro atoms. The van der Waals surface area contributed by atoms with Gasteiger partial charge in [-0.05, 0) is 32.3 Å². The summed E-state index contributed by atoms with van der Waals surface area (Å²) in [5.41, 5.74) is 11.8. The first kappa shape index (κ1) is 23.9. The third-order valence-electron chi connectivity index (χ3n) is 6.58. The minimum Gasteiger partial charge on any atom is -0.494 e. The quantitative estimate of drug-likeness (QED) is 0.342. The molecule has 4 aromatic rings. The Labute approximate surface area is 211 Å². The van der Waals surface area contributed by atoms with Crippen LogP contribution in [0.5, 0.6) is 5.75 Å². The van der Waals surface area contributed by atoms with E-state index in [1.54, 1.807) is 13.3 Å². The van der Waals surface area contributed by atoms with Crippen molar-refractivity contribution < 1.29 is 9.47 Å². The molecule has 0 aliphatic carbocycles. The first-order chi connectivity index (χ1) is 17.4. The van der Waals surface area contributed by atoms with Crippen LogP contribution in [-0.4, -0.2) is 74.0 Å². The number of hydrogen-bond donors (Lipinski definition) is 2. The summed E-state index contributed by atoms with van der Waals surface area (Å²) in [6.45, 7) is 3.23. The van der Waals surface area contributed by atoms with Crippen molar-refractivity contribution in [1.29, 1.82) is 0 Å². The van der Waals surface area contributed by atoms with Crippen LogP contribution in [0.4, 0.5) is 23.0 Å². The Hall–Kier alpha value is -3.82. The fourth-order valence-corrected chi connectivity index (χ4v) is 4.44. The molecule has 3 heterocycles. The number of nitrogens with one attached hydrogen (secondary N) is 1. The number of likely N-dealkylation sites (N-methyl/N-ethyl adjacent to an activating group) is 2. The molecule has 188 valence electrons. The van der Waals surface area contributed by atoms with Crippen molar-refractivity contribution in [2.24, 2.45) is 0 Å². The predicted molar refractivity (Wildman–Crippen MR) is 145 cm³/mol. The van der Waals surface area contributed by atoms with Gasteiger partial charge in [-0.1, -0.05) is 18.2 Å². The summed E-state index contributed by atoms with van der Waals surface area (Å²) < 4.78 is 13.4. The number of benzene rings is 2. The molecule has 0 bridgehead atoms. The molecule has 1 aliphatic rings. The summed E-state index contributed by atoms with van der Waals surface area (Å²) in [7, 11) is 7.79. The number of fused-ring (bicyclic) bond motifs is 1. The maximum Gasteiger partial charge on any atom is 0.227 e. The van der Waals surface area contributed by atoms with Crippen LogP contribution in [0.2, 0.25) is 0 Å². The minimum atomic E-state index is 0.352. The molecule has 5 rings (SSSR count). The zero-order valence-electron chi connectivity index (χ0n) is 21.2. The van der Waals surface area contributed by atoms with Crippen molar-refractivity contribution in [2.45, 2.75) is 6.04 Å². The highest BCUT2D eigenvalue weighted by atomic mass is 16.5. The van der Waals surface area contributed by atoms with Crippen LogP contribution >= 0.6 is 0 Å². The lowest BCUT2D eigenvalue weighted by Gasteiger charge is -2.28. The van der Waals surface area contributed by atoms with Gasteiger partial charge >= 0.3 is 0 Å². The second-order valence-electron chi connectivity index (χ2n) is 9.39. The Morgan fingerprint density at radius 3 is 2.67 bits per heavy atom. The number of methoxy groups -OCH3 is 1. The number of nitrogens with zero attached hydrogens (tertiary/aromatic N) is 5. The van der Waals surface area contributed by atoms with E-state index in [4.69, 9.17) is 20.2 Å². The molecule has 1 fully saturated rings. The van der Waals surface area contributed by atoms with Crippen LogP contribution in [0, 0.1) is 0 Å². The van der Waals surface area contributed by atoms with E-state index in [1.165, 1.54) is 5.52 Å². The second kappa shape index (κ2) is 10.0. The van der Waals surface area contributed by atoms with Crippen LogP contribution in [0.1, 0.15) is 6.04 Å². The van der Waals surface area contributed by atoms with Crippen molar-refractivity contribution >= 4 is 33.9 Å². The van der Waals surface area contributed by atoms with Crippen molar-refractivity contribution in [1.82, 2.24) is 19.4 Å². The lowest BCUT2D eigenvalue weighted by molar-refractivity contribution is -0.0213. The van der Waals surface area contributed by atoms with Gasteiger partial charge in [-0.2, -0.15) is 0 Å². The van der Waals surface area contributed by atoms with Gasteiger partial charge in [-0.15, -0.1) is 0 Å². The standard InChI is InChI=1S/C27H33N7O2/c1-32(2)11-12-33(3)25-14-26(35-4)23(13-21(25)28)31-27-29-10-9-22(30-27)20-15-34(18-16-36-17-18)24-8-6-5-7-19(20)24/h5-10,13-15,18H,11-12,16-17,28H2,1-4H3,(H,29,30,31). The summed E-state index contributed by atoms with van der Waals surface area (Å²) in [4.78, 5) is 13.6. The number of para-hydroxylation sites is 1. The second-order valence-corrected chi connectivity index (χ2v) is 9.39. The van der Waals surface area contributed by atoms with E-state index < -0.39 is 0 Å². The van der Waals surface area contributed by atoms with E-state index >= 15 is 0 Å². The smallest absolute Gasteiger partial charge is 0.227 e. The van der Waals surface area contributed by atoms with Gasteiger partial charge in [0.05, 0.1) is 49.1 Å². The highest BCUT2D eigenvalue weighted by Gasteiger charge is 2.24. The fourth-order valence-electron chi connectivity index (χ4n) is 4.44. The Bertz CT molecular complexity index is 1360. The average molecular weight is 488 g/mol. The van der Waals surface area contributed by atoms with Gasteiger partial charge in [0.25, 0.3) is 0 Å². The number of ether oxygens (including phenoxy) is 2. The maximum absolute atomic E-state index is 6.43. The molecule has 0 atom stereocenters. The van der Waals surface area contributed by atoms with E-state index in [9.17, 15) is 0 Å². The molecule has 0 radical (unpaired) electrons. The Morgan fingerprint density at radius 2 is 1.94 bits per heavy atom. The highest BCUT2D eigenvalue weighted by molar-refractivity contribution is 5.95. The van der Waals surface area contributed by atoms with Crippen LogP contribution < -0.4 is 20.7 Å². The van der Waals surface area contributed by atoms with E-state index in [1.807, 2.05) is 25.2 Å². The molecule has 2 aromatic carbocycles. The van der Waals surface area contributed by atoms with Gasteiger partial charge in [-0.3, -0.25) is 0 Å². The maximum atomic E-state index is 6.43. The van der Waals surface area contributed by atoms with E-state index in [-0.39, 0.29) is 0 Å². The minimum absolute atomic E-state index is 0.352. The zero-order valence-corrected chi connectivity index (χ0v) is 21.2. The van der Waals surface area contributed by atoms with Gasteiger partial charge in [0.2, 0.25) is 5.95 Å². The predicted octanol–water partition coefficient (Wildman–Crippen LogP) is 4.00. The largest absolute Gasteiger partial charge is 0.494 e. The Kier molecular flexibility index (Phi) is 6.67. The van der Waals surface area contributed by atoms with Gasteiger partial charge in [0, 0.05) is 55.1 Å². The summed E-state index contributed by atoms with van der Waals surface area (Å²) in [5, 5.41) is 4.46. The third-order valence-corrected chi connectivity index (χ3v) is 6.58. The Morgan fingerprint density at radius 1 is 1.14 bits per heavy atom. The number of hydrogen-bond acceptors (Lipinski definition) is 8. The average Bonchev–Trinajstić information content (AvgIpc) is 3.21. The van der Waals surface area contributed by atoms with Crippen molar-refractivity contribution in [3.63, 3.8) is 0 Å². The van der Waals surface area contributed by atoms with E-state index in [0.29, 0.717) is 29.1 Å². The summed E-state index contributed by atoms with van der Waals surface area (Å²) in [6, 6.07) is 14.5. The third kappa shape index (κ3) is 4.67. The number of nitrogens with two attached hydrogens (primary N) is 1. The molecular formula is C27H33N7O2. The first-order valence-electron chi connectivity index (χ1n) is 12.1. The normalized spacial score (nSPS) is 13.7. The molecule has 9 heteroatoms. The molecule has 0 unspecified atom stereocenters. The molecule has 9 nitrogen and oxygen atoms in total. The summed E-state index contributed by atoms with van der Waals surface area (Å²) >= 11 is 0. The van der Waals surface area contributed by atoms with E-state index in [2.05, 4.69) is 69.2 Å². The van der Waals surface area contributed by atoms with Gasteiger partial charge in [-0.25, -0.2) is 9.97 Å². The van der Waals surface area contributed by atoms with Crippen molar-refractivity contribution in [3.05, 3.63) is 54.9 Å². The monoisotopic (exact) mass is 487 g/mol. The number of aromatic nitrogens is 3. The molecule has 3 N–H and O–H groups in total. The van der Waals surface area contributed by atoms with Gasteiger partial charge in [0.1, 0.15) is 5.75 Å². The topological polar surface area (TPSA) is 93.7 Å². The first-order valence-corrected chi connectivity index (χ1v) is 12.1. The molecule has 0 amide bonds. The van der Waals surface area contributed by atoms with Crippen LogP contribution in [0.25, 0.3) is 22.2 Å². The van der Waals surface area contributed by atoms with Crippen LogP contribution in [-0.2, 0) is 4.74 Å². The Balaban J connectivity index is 1.44. The van der Waals surface area contributed by atoms with Gasteiger partial charge in [0.15, 0.2) is 0 Å². The number of anilines is 4. The summed E-state index contributed by atoms with van der Waals surface area (Å²) in [5.74, 6) is 1.15. The SMILES string of the molecule is COc1cc(N(C)CCN(C)C)c(N)cc1Nc1nccc(-c2cn(C3COC3)c3ccccc23)n1. The molecule has 2 aromatic heterocycles. The lowest BCUT2D eigenvalue weighted by atomic mass is 10.1.